The molecule has 2 rings (SSSR count). The maximum absolute atomic E-state index is 3.62. The number of fused-ring (bicyclic) bond motifs is 1. The lowest BCUT2D eigenvalue weighted by Gasteiger charge is -2.18. The van der Waals surface area contributed by atoms with Crippen molar-refractivity contribution >= 4 is 27.7 Å². The van der Waals surface area contributed by atoms with Gasteiger partial charge in [0.15, 0.2) is 0 Å². The summed E-state index contributed by atoms with van der Waals surface area (Å²) >= 11 is 5.55. The van der Waals surface area contributed by atoms with Gasteiger partial charge < -0.3 is 0 Å². The normalized spacial score (nSPS) is 22.8. The number of halogens is 1. The zero-order valence-corrected chi connectivity index (χ0v) is 8.49. The van der Waals surface area contributed by atoms with Crippen LogP contribution >= 0.6 is 27.7 Å². The molecule has 0 saturated carbocycles. The zero-order chi connectivity index (χ0) is 7.68. The van der Waals surface area contributed by atoms with Crippen molar-refractivity contribution in [2.45, 2.75) is 21.9 Å². The van der Waals surface area contributed by atoms with Gasteiger partial charge in [-0.25, -0.2) is 0 Å². The fraction of sp³-hybridized carbons (Fsp3) is 0.333. The van der Waals surface area contributed by atoms with Crippen LogP contribution in [0, 0.1) is 0 Å². The summed E-state index contributed by atoms with van der Waals surface area (Å²) in [7, 11) is 0. The van der Waals surface area contributed by atoms with Crippen molar-refractivity contribution in [2.24, 2.45) is 0 Å². The Morgan fingerprint density at radius 1 is 1.36 bits per heavy atom. The molecule has 1 atom stereocenters. The van der Waals surface area contributed by atoms with Crippen LogP contribution in [0.5, 0.6) is 0 Å². The van der Waals surface area contributed by atoms with E-state index in [-0.39, 0.29) is 0 Å². The van der Waals surface area contributed by atoms with Gasteiger partial charge in [0.2, 0.25) is 0 Å². The number of benzene rings is 1. The molecule has 1 aliphatic rings. The van der Waals surface area contributed by atoms with Gasteiger partial charge in [-0.2, -0.15) is 0 Å². The van der Waals surface area contributed by atoms with Crippen LogP contribution in [0.4, 0.5) is 0 Å². The van der Waals surface area contributed by atoms with E-state index >= 15 is 0 Å². The third-order valence-corrected chi connectivity index (χ3v) is 4.03. The SMILES string of the molecule is BrC1CCc2ccccc2S1. The van der Waals surface area contributed by atoms with E-state index in [1.807, 2.05) is 11.8 Å². The van der Waals surface area contributed by atoms with E-state index in [1.54, 1.807) is 0 Å². The van der Waals surface area contributed by atoms with Gasteiger partial charge >= 0.3 is 0 Å². The average Bonchev–Trinajstić information content (AvgIpc) is 2.04. The number of hydrogen-bond donors (Lipinski definition) is 0. The van der Waals surface area contributed by atoms with Gasteiger partial charge in [0.25, 0.3) is 0 Å². The van der Waals surface area contributed by atoms with Gasteiger partial charge in [-0.05, 0) is 24.5 Å². The number of alkyl halides is 1. The van der Waals surface area contributed by atoms with Crippen molar-refractivity contribution in [3.63, 3.8) is 0 Å². The third-order valence-electron chi connectivity index (χ3n) is 1.87. The lowest BCUT2D eigenvalue weighted by molar-refractivity contribution is 0.870. The van der Waals surface area contributed by atoms with Crippen LogP contribution in [0.15, 0.2) is 29.2 Å². The van der Waals surface area contributed by atoms with Gasteiger partial charge in [0.1, 0.15) is 0 Å². The predicted octanol–water partition coefficient (Wildman–Crippen LogP) is 3.45. The second-order valence-corrected chi connectivity index (χ2v) is 5.63. The first kappa shape index (κ1) is 7.69. The number of hydrogen-bond acceptors (Lipinski definition) is 1. The van der Waals surface area contributed by atoms with Gasteiger partial charge in [-0.15, -0.1) is 11.8 Å². The van der Waals surface area contributed by atoms with Crippen molar-refractivity contribution in [3.8, 4) is 0 Å². The summed E-state index contributed by atoms with van der Waals surface area (Å²) in [5, 5.41) is 0. The summed E-state index contributed by atoms with van der Waals surface area (Å²) in [5.41, 5.74) is 1.51. The topological polar surface area (TPSA) is 0 Å². The van der Waals surface area contributed by atoms with Crippen LogP contribution < -0.4 is 0 Å². The van der Waals surface area contributed by atoms with Crippen molar-refractivity contribution in [1.29, 1.82) is 0 Å². The molecule has 1 unspecified atom stereocenters. The molecule has 1 aromatic rings. The van der Waals surface area contributed by atoms with E-state index < -0.39 is 0 Å². The quantitative estimate of drug-likeness (QED) is 0.614. The van der Waals surface area contributed by atoms with Gasteiger partial charge in [-0.1, -0.05) is 34.1 Å². The lowest BCUT2D eigenvalue weighted by Crippen LogP contribution is -2.03. The van der Waals surface area contributed by atoms with Crippen molar-refractivity contribution < 1.29 is 0 Å². The van der Waals surface area contributed by atoms with E-state index in [4.69, 9.17) is 0 Å². The Hall–Kier alpha value is 0.0500. The Labute approximate surface area is 79.5 Å². The Morgan fingerprint density at radius 3 is 3.09 bits per heavy atom. The second kappa shape index (κ2) is 3.20. The van der Waals surface area contributed by atoms with Crippen LogP contribution in [-0.4, -0.2) is 4.16 Å². The summed E-state index contributed by atoms with van der Waals surface area (Å²) in [6.45, 7) is 0. The highest BCUT2D eigenvalue weighted by atomic mass is 79.9. The molecule has 0 saturated heterocycles. The maximum atomic E-state index is 3.62. The summed E-state index contributed by atoms with van der Waals surface area (Å²) in [6, 6.07) is 8.65. The molecule has 1 heterocycles. The number of thioether (sulfide) groups is 1. The fourth-order valence-electron chi connectivity index (χ4n) is 1.29. The third kappa shape index (κ3) is 1.62. The molecule has 0 bridgehead atoms. The molecule has 11 heavy (non-hydrogen) atoms. The van der Waals surface area contributed by atoms with E-state index in [9.17, 15) is 0 Å². The molecule has 0 fully saturated rings. The molecule has 0 aromatic heterocycles. The number of rotatable bonds is 0. The van der Waals surface area contributed by atoms with E-state index in [1.165, 1.54) is 23.3 Å². The first-order chi connectivity index (χ1) is 5.36. The summed E-state index contributed by atoms with van der Waals surface area (Å²) in [6.07, 6.45) is 2.47. The predicted molar refractivity (Wildman–Crippen MR) is 53.3 cm³/mol. The maximum Gasteiger partial charge on any atom is 0.0650 e. The minimum atomic E-state index is 0.623. The van der Waals surface area contributed by atoms with Crippen LogP contribution in [-0.2, 0) is 6.42 Å². The molecule has 1 aliphatic heterocycles. The minimum Gasteiger partial charge on any atom is -0.111 e. The summed E-state index contributed by atoms with van der Waals surface area (Å²) < 4.78 is 0.623. The largest absolute Gasteiger partial charge is 0.111 e. The lowest BCUT2D eigenvalue weighted by atomic mass is 10.1. The molecule has 0 nitrogen and oxygen atoms in total. The average molecular weight is 229 g/mol. The number of aryl methyl sites for hydroxylation is 1. The first-order valence-electron chi connectivity index (χ1n) is 3.75. The van der Waals surface area contributed by atoms with Crippen molar-refractivity contribution in [3.05, 3.63) is 29.8 Å². The summed E-state index contributed by atoms with van der Waals surface area (Å²) in [4.78, 5) is 1.45. The molecular formula is C9H9BrS. The monoisotopic (exact) mass is 228 g/mol. The Balaban J connectivity index is 2.34. The highest BCUT2D eigenvalue weighted by molar-refractivity contribution is 9.11. The van der Waals surface area contributed by atoms with E-state index in [0.717, 1.165) is 0 Å². The molecule has 1 aromatic carbocycles. The van der Waals surface area contributed by atoms with Crippen molar-refractivity contribution in [2.75, 3.05) is 0 Å². The Morgan fingerprint density at radius 2 is 2.18 bits per heavy atom. The smallest absolute Gasteiger partial charge is 0.0650 e. The van der Waals surface area contributed by atoms with Gasteiger partial charge in [-0.3, -0.25) is 0 Å². The van der Waals surface area contributed by atoms with Crippen LogP contribution in [0.1, 0.15) is 12.0 Å². The van der Waals surface area contributed by atoms with Gasteiger partial charge in [0.05, 0.1) is 4.16 Å². The van der Waals surface area contributed by atoms with Crippen molar-refractivity contribution in [1.82, 2.24) is 0 Å². The minimum absolute atomic E-state index is 0.623. The molecule has 2 heteroatoms. The second-order valence-electron chi connectivity index (χ2n) is 2.67. The molecule has 0 aliphatic carbocycles. The van der Waals surface area contributed by atoms with Crippen LogP contribution in [0.25, 0.3) is 0 Å². The molecule has 0 amide bonds. The highest BCUT2D eigenvalue weighted by Crippen LogP contribution is 2.37. The van der Waals surface area contributed by atoms with E-state index in [2.05, 4.69) is 40.2 Å². The zero-order valence-electron chi connectivity index (χ0n) is 6.09. The standard InChI is InChI=1S/C9H9BrS/c10-9-6-5-7-3-1-2-4-8(7)11-9/h1-4,9H,5-6H2. The summed E-state index contributed by atoms with van der Waals surface area (Å²) in [5.74, 6) is 0. The molecule has 0 radical (unpaired) electrons. The first-order valence-corrected chi connectivity index (χ1v) is 5.54. The highest BCUT2D eigenvalue weighted by Gasteiger charge is 2.15. The molecular weight excluding hydrogens is 220 g/mol. The van der Waals surface area contributed by atoms with Crippen LogP contribution in [0.3, 0.4) is 0 Å². The fourth-order valence-corrected chi connectivity index (χ4v) is 3.11. The van der Waals surface area contributed by atoms with Gasteiger partial charge in [0, 0.05) is 4.90 Å². The van der Waals surface area contributed by atoms with E-state index in [0.29, 0.717) is 4.16 Å². The molecule has 0 N–H and O–H groups in total. The molecule has 58 valence electrons. The Kier molecular flexibility index (Phi) is 2.23. The Bertz CT molecular complexity index is 259. The molecule has 0 spiro atoms. The van der Waals surface area contributed by atoms with Crippen LogP contribution in [0.2, 0.25) is 0 Å².